The molecule has 1 aromatic heterocycles. The number of para-hydroxylation sites is 1. The zero-order valence-electron chi connectivity index (χ0n) is 16.6. The van der Waals surface area contributed by atoms with Gasteiger partial charge in [0.2, 0.25) is 0 Å². The molecule has 2 aromatic carbocycles. The first-order valence-electron chi connectivity index (χ1n) is 9.46. The van der Waals surface area contributed by atoms with E-state index < -0.39 is 5.82 Å². The van der Waals surface area contributed by atoms with Gasteiger partial charge in [0.1, 0.15) is 11.5 Å². The summed E-state index contributed by atoms with van der Waals surface area (Å²) >= 11 is 0. The molecule has 0 saturated carbocycles. The quantitative estimate of drug-likeness (QED) is 0.686. The summed E-state index contributed by atoms with van der Waals surface area (Å²) in [4.78, 5) is 26.7. The van der Waals surface area contributed by atoms with E-state index in [0.717, 1.165) is 0 Å². The number of anilines is 1. The van der Waals surface area contributed by atoms with Gasteiger partial charge < -0.3 is 10.2 Å². The minimum absolute atomic E-state index is 0.0464. The number of rotatable bonds is 6. The van der Waals surface area contributed by atoms with E-state index in [1.54, 1.807) is 54.3 Å². The lowest BCUT2D eigenvalue weighted by molar-refractivity contribution is 0.0773. The summed E-state index contributed by atoms with van der Waals surface area (Å²) in [6, 6.07) is 13.0. The standard InChI is InChI=1S/C22H23FN4O2/c1-4-26(5-2)22(29)16-10-12-17(13-11-16)25-21(28)18-14-24-27(15(18)3)20-9-7-6-8-19(20)23/h6-14H,4-5H2,1-3H3,(H,25,28). The highest BCUT2D eigenvalue weighted by Crippen LogP contribution is 2.19. The molecule has 0 atom stereocenters. The minimum Gasteiger partial charge on any atom is -0.339 e. The number of carbonyl (C=O) groups is 2. The summed E-state index contributed by atoms with van der Waals surface area (Å²) in [5.41, 5.74) is 2.28. The van der Waals surface area contributed by atoms with E-state index in [9.17, 15) is 14.0 Å². The average molecular weight is 394 g/mol. The summed E-state index contributed by atoms with van der Waals surface area (Å²) in [5, 5.41) is 6.94. The lowest BCUT2D eigenvalue weighted by Crippen LogP contribution is -2.30. The Hall–Kier alpha value is -3.48. The molecule has 0 fully saturated rings. The average Bonchev–Trinajstić information content (AvgIpc) is 3.11. The molecular weight excluding hydrogens is 371 g/mol. The van der Waals surface area contributed by atoms with Gasteiger partial charge in [-0.3, -0.25) is 9.59 Å². The van der Waals surface area contributed by atoms with Gasteiger partial charge in [0.15, 0.2) is 0 Å². The molecule has 1 heterocycles. The fourth-order valence-electron chi connectivity index (χ4n) is 3.09. The molecule has 150 valence electrons. The van der Waals surface area contributed by atoms with Crippen LogP contribution in [0.15, 0.2) is 54.7 Å². The van der Waals surface area contributed by atoms with Crippen molar-refractivity contribution in [2.75, 3.05) is 18.4 Å². The van der Waals surface area contributed by atoms with Crippen LogP contribution in [0, 0.1) is 12.7 Å². The van der Waals surface area contributed by atoms with Crippen LogP contribution >= 0.6 is 0 Å². The monoisotopic (exact) mass is 394 g/mol. The van der Waals surface area contributed by atoms with Crippen LogP contribution in [0.1, 0.15) is 40.3 Å². The second-order valence-corrected chi connectivity index (χ2v) is 6.52. The number of nitrogens with zero attached hydrogens (tertiary/aromatic N) is 3. The molecule has 0 bridgehead atoms. The largest absolute Gasteiger partial charge is 0.339 e. The number of hydrogen-bond acceptors (Lipinski definition) is 3. The Morgan fingerprint density at radius 1 is 1.07 bits per heavy atom. The fourth-order valence-corrected chi connectivity index (χ4v) is 3.09. The third-order valence-electron chi connectivity index (χ3n) is 4.78. The Morgan fingerprint density at radius 3 is 2.34 bits per heavy atom. The molecule has 0 radical (unpaired) electrons. The first-order valence-corrected chi connectivity index (χ1v) is 9.46. The van der Waals surface area contributed by atoms with Crippen molar-refractivity contribution in [1.82, 2.24) is 14.7 Å². The summed E-state index contributed by atoms with van der Waals surface area (Å²) in [7, 11) is 0. The van der Waals surface area contributed by atoms with Crippen molar-refractivity contribution < 1.29 is 14.0 Å². The maximum atomic E-state index is 14.0. The fraction of sp³-hybridized carbons (Fsp3) is 0.227. The SMILES string of the molecule is CCN(CC)C(=O)c1ccc(NC(=O)c2cnn(-c3ccccc3F)c2C)cc1. The normalized spacial score (nSPS) is 10.6. The Kier molecular flexibility index (Phi) is 6.07. The van der Waals surface area contributed by atoms with Gasteiger partial charge in [-0.05, 0) is 57.2 Å². The second kappa shape index (κ2) is 8.68. The Bertz CT molecular complexity index is 1020. The smallest absolute Gasteiger partial charge is 0.259 e. The van der Waals surface area contributed by atoms with E-state index in [4.69, 9.17) is 0 Å². The van der Waals surface area contributed by atoms with Gasteiger partial charge in [0, 0.05) is 24.3 Å². The highest BCUT2D eigenvalue weighted by molar-refractivity contribution is 6.05. The molecule has 0 aliphatic rings. The van der Waals surface area contributed by atoms with E-state index >= 15 is 0 Å². The van der Waals surface area contributed by atoms with Gasteiger partial charge in [-0.15, -0.1) is 0 Å². The Balaban J connectivity index is 1.76. The van der Waals surface area contributed by atoms with Gasteiger partial charge in [0.25, 0.3) is 11.8 Å². The third-order valence-corrected chi connectivity index (χ3v) is 4.78. The number of benzene rings is 2. The van der Waals surface area contributed by atoms with Crippen molar-refractivity contribution in [1.29, 1.82) is 0 Å². The van der Waals surface area contributed by atoms with Crippen molar-refractivity contribution in [3.05, 3.63) is 77.4 Å². The number of carbonyl (C=O) groups excluding carboxylic acids is 2. The van der Waals surface area contributed by atoms with Crippen LogP contribution in [-0.4, -0.2) is 39.6 Å². The molecule has 0 aliphatic heterocycles. The highest BCUT2D eigenvalue weighted by Gasteiger charge is 2.17. The molecule has 2 amide bonds. The van der Waals surface area contributed by atoms with E-state index in [1.165, 1.54) is 16.9 Å². The topological polar surface area (TPSA) is 67.2 Å². The molecule has 3 aromatic rings. The van der Waals surface area contributed by atoms with Crippen molar-refractivity contribution in [3.63, 3.8) is 0 Å². The summed E-state index contributed by atoms with van der Waals surface area (Å²) in [5.74, 6) is -0.818. The molecule has 0 unspecified atom stereocenters. The van der Waals surface area contributed by atoms with Crippen LogP contribution in [0.25, 0.3) is 5.69 Å². The predicted octanol–water partition coefficient (Wildman–Crippen LogP) is 4.05. The predicted molar refractivity (Wildman–Crippen MR) is 110 cm³/mol. The van der Waals surface area contributed by atoms with E-state index in [2.05, 4.69) is 10.4 Å². The molecular formula is C22H23FN4O2. The molecule has 0 aliphatic carbocycles. The maximum Gasteiger partial charge on any atom is 0.259 e. The van der Waals surface area contributed by atoms with Crippen LogP contribution in [0.4, 0.5) is 10.1 Å². The van der Waals surface area contributed by atoms with Gasteiger partial charge in [0.05, 0.1) is 17.5 Å². The molecule has 6 nitrogen and oxygen atoms in total. The first-order chi connectivity index (χ1) is 14.0. The van der Waals surface area contributed by atoms with Crippen molar-refractivity contribution in [2.45, 2.75) is 20.8 Å². The lowest BCUT2D eigenvalue weighted by Gasteiger charge is -2.18. The Morgan fingerprint density at radius 2 is 1.72 bits per heavy atom. The van der Waals surface area contributed by atoms with Crippen LogP contribution in [-0.2, 0) is 0 Å². The number of aromatic nitrogens is 2. The summed E-state index contributed by atoms with van der Waals surface area (Å²) < 4.78 is 15.4. The van der Waals surface area contributed by atoms with Crippen LogP contribution in [0.5, 0.6) is 0 Å². The molecule has 0 spiro atoms. The molecule has 3 rings (SSSR count). The van der Waals surface area contributed by atoms with Crippen LogP contribution in [0.3, 0.4) is 0 Å². The van der Waals surface area contributed by atoms with E-state index in [1.807, 2.05) is 13.8 Å². The number of amides is 2. The Labute approximate surface area is 169 Å². The number of nitrogens with one attached hydrogen (secondary N) is 1. The molecule has 1 N–H and O–H groups in total. The summed E-state index contributed by atoms with van der Waals surface area (Å²) in [6.07, 6.45) is 1.41. The van der Waals surface area contributed by atoms with E-state index in [-0.39, 0.29) is 17.5 Å². The summed E-state index contributed by atoms with van der Waals surface area (Å²) in [6.45, 7) is 6.85. The second-order valence-electron chi connectivity index (χ2n) is 6.52. The zero-order chi connectivity index (χ0) is 21.0. The molecule has 0 saturated heterocycles. The van der Waals surface area contributed by atoms with Gasteiger partial charge >= 0.3 is 0 Å². The molecule has 29 heavy (non-hydrogen) atoms. The van der Waals surface area contributed by atoms with Crippen LogP contribution < -0.4 is 5.32 Å². The van der Waals surface area contributed by atoms with E-state index in [0.29, 0.717) is 35.6 Å². The van der Waals surface area contributed by atoms with Gasteiger partial charge in [-0.25, -0.2) is 9.07 Å². The van der Waals surface area contributed by atoms with Crippen LogP contribution in [0.2, 0.25) is 0 Å². The number of hydrogen-bond donors (Lipinski definition) is 1. The van der Waals surface area contributed by atoms with Gasteiger partial charge in [-0.2, -0.15) is 5.10 Å². The molecule has 7 heteroatoms. The van der Waals surface area contributed by atoms with Crippen molar-refractivity contribution >= 4 is 17.5 Å². The lowest BCUT2D eigenvalue weighted by atomic mass is 10.1. The number of halogens is 1. The minimum atomic E-state index is -0.417. The third kappa shape index (κ3) is 4.18. The van der Waals surface area contributed by atoms with Crippen molar-refractivity contribution in [3.8, 4) is 5.69 Å². The van der Waals surface area contributed by atoms with Crippen molar-refractivity contribution in [2.24, 2.45) is 0 Å². The van der Waals surface area contributed by atoms with Gasteiger partial charge in [-0.1, -0.05) is 12.1 Å². The first kappa shape index (κ1) is 20.3. The zero-order valence-corrected chi connectivity index (χ0v) is 16.6. The maximum absolute atomic E-state index is 14.0. The highest BCUT2D eigenvalue weighted by atomic mass is 19.1.